The third kappa shape index (κ3) is 2.88. The molecular weight excluding hydrogens is 226 g/mol. The first-order valence-electron chi connectivity index (χ1n) is 5.79. The van der Waals surface area contributed by atoms with Crippen LogP contribution in [0.2, 0.25) is 0 Å². The summed E-state index contributed by atoms with van der Waals surface area (Å²) in [6, 6.07) is 13.7. The summed E-state index contributed by atoms with van der Waals surface area (Å²) < 4.78 is 5.53. The summed E-state index contributed by atoms with van der Waals surface area (Å²) in [6.07, 6.45) is 1.63. The number of ether oxygens (including phenoxy) is 1. The SMILES string of the molecule is C=CCNC(=O)COc1cccc2ccccc12. The van der Waals surface area contributed by atoms with Crippen LogP contribution in [-0.2, 0) is 4.79 Å². The fraction of sp³-hybridized carbons (Fsp3) is 0.133. The van der Waals surface area contributed by atoms with Gasteiger partial charge >= 0.3 is 0 Å². The maximum atomic E-state index is 11.4. The standard InChI is InChI=1S/C15H15NO2/c1-2-10-16-15(17)11-18-14-9-5-7-12-6-3-4-8-13(12)14/h2-9H,1,10-11H2,(H,16,17). The van der Waals surface area contributed by atoms with Gasteiger partial charge in [-0.1, -0.05) is 42.5 Å². The first-order chi connectivity index (χ1) is 8.81. The molecule has 2 aromatic rings. The highest BCUT2D eigenvalue weighted by Gasteiger charge is 2.04. The summed E-state index contributed by atoms with van der Waals surface area (Å²) >= 11 is 0. The maximum absolute atomic E-state index is 11.4. The quantitative estimate of drug-likeness (QED) is 0.817. The van der Waals surface area contributed by atoms with Gasteiger partial charge in [-0.25, -0.2) is 0 Å². The molecule has 3 nitrogen and oxygen atoms in total. The smallest absolute Gasteiger partial charge is 0.258 e. The molecule has 2 aromatic carbocycles. The van der Waals surface area contributed by atoms with E-state index in [1.807, 2.05) is 42.5 Å². The number of benzene rings is 2. The van der Waals surface area contributed by atoms with Crippen molar-refractivity contribution in [1.82, 2.24) is 5.32 Å². The maximum Gasteiger partial charge on any atom is 0.258 e. The Hall–Kier alpha value is -2.29. The first kappa shape index (κ1) is 12.2. The molecule has 0 aliphatic rings. The van der Waals surface area contributed by atoms with Crippen LogP contribution in [0, 0.1) is 0 Å². The van der Waals surface area contributed by atoms with Crippen LogP contribution < -0.4 is 10.1 Å². The third-order valence-corrected chi connectivity index (χ3v) is 2.55. The molecule has 0 radical (unpaired) electrons. The molecule has 0 aromatic heterocycles. The molecule has 0 aliphatic heterocycles. The zero-order valence-corrected chi connectivity index (χ0v) is 10.1. The van der Waals surface area contributed by atoms with E-state index in [2.05, 4.69) is 11.9 Å². The summed E-state index contributed by atoms with van der Waals surface area (Å²) in [7, 11) is 0. The molecule has 0 bridgehead atoms. The highest BCUT2D eigenvalue weighted by Crippen LogP contribution is 2.24. The number of carbonyl (C=O) groups is 1. The second-order valence-electron chi connectivity index (χ2n) is 3.86. The number of carbonyl (C=O) groups excluding carboxylic acids is 1. The molecule has 92 valence electrons. The molecule has 0 atom stereocenters. The Labute approximate surface area is 106 Å². The van der Waals surface area contributed by atoms with Crippen LogP contribution in [0.5, 0.6) is 5.75 Å². The van der Waals surface area contributed by atoms with E-state index in [0.717, 1.165) is 16.5 Å². The highest BCUT2D eigenvalue weighted by atomic mass is 16.5. The van der Waals surface area contributed by atoms with Crippen molar-refractivity contribution in [3.8, 4) is 5.75 Å². The van der Waals surface area contributed by atoms with Gasteiger partial charge in [0.05, 0.1) is 0 Å². The zero-order chi connectivity index (χ0) is 12.8. The van der Waals surface area contributed by atoms with E-state index in [9.17, 15) is 4.79 Å². The molecular formula is C15H15NO2. The lowest BCUT2D eigenvalue weighted by atomic mass is 10.1. The van der Waals surface area contributed by atoms with Gasteiger partial charge in [0.1, 0.15) is 5.75 Å². The van der Waals surface area contributed by atoms with E-state index in [4.69, 9.17) is 4.74 Å². The molecule has 1 N–H and O–H groups in total. The first-order valence-corrected chi connectivity index (χ1v) is 5.79. The second-order valence-corrected chi connectivity index (χ2v) is 3.86. The molecule has 1 amide bonds. The minimum absolute atomic E-state index is 0.0157. The number of hydrogen-bond donors (Lipinski definition) is 1. The van der Waals surface area contributed by atoms with Crippen molar-refractivity contribution in [3.63, 3.8) is 0 Å². The predicted molar refractivity (Wildman–Crippen MR) is 72.6 cm³/mol. The van der Waals surface area contributed by atoms with E-state index in [1.54, 1.807) is 6.08 Å². The van der Waals surface area contributed by atoms with Crippen LogP contribution >= 0.6 is 0 Å². The average molecular weight is 241 g/mol. The Kier molecular flexibility index (Phi) is 3.97. The van der Waals surface area contributed by atoms with E-state index < -0.39 is 0 Å². The van der Waals surface area contributed by atoms with Crippen LogP contribution in [0.25, 0.3) is 10.8 Å². The molecule has 18 heavy (non-hydrogen) atoms. The lowest BCUT2D eigenvalue weighted by Crippen LogP contribution is -2.28. The van der Waals surface area contributed by atoms with Crippen LogP contribution in [0.4, 0.5) is 0 Å². The molecule has 0 aliphatic carbocycles. The van der Waals surface area contributed by atoms with E-state index in [1.165, 1.54) is 0 Å². The normalized spacial score (nSPS) is 10.0. The topological polar surface area (TPSA) is 38.3 Å². The molecule has 0 fully saturated rings. The monoisotopic (exact) mass is 241 g/mol. The van der Waals surface area contributed by atoms with Gasteiger partial charge in [0.15, 0.2) is 6.61 Å². The third-order valence-electron chi connectivity index (χ3n) is 2.55. The lowest BCUT2D eigenvalue weighted by molar-refractivity contribution is -0.122. The Balaban J connectivity index is 2.08. The fourth-order valence-electron chi connectivity index (χ4n) is 1.70. The van der Waals surface area contributed by atoms with Crippen molar-refractivity contribution in [1.29, 1.82) is 0 Å². The largest absolute Gasteiger partial charge is 0.483 e. The van der Waals surface area contributed by atoms with Crippen molar-refractivity contribution in [2.45, 2.75) is 0 Å². The Morgan fingerprint density at radius 2 is 2.00 bits per heavy atom. The van der Waals surface area contributed by atoms with E-state index in [0.29, 0.717) is 6.54 Å². The van der Waals surface area contributed by atoms with Gasteiger partial charge in [0.25, 0.3) is 5.91 Å². The Morgan fingerprint density at radius 3 is 2.83 bits per heavy atom. The van der Waals surface area contributed by atoms with Gasteiger partial charge in [-0.15, -0.1) is 6.58 Å². The van der Waals surface area contributed by atoms with E-state index in [-0.39, 0.29) is 12.5 Å². The summed E-state index contributed by atoms with van der Waals surface area (Å²) in [5, 5.41) is 4.78. The average Bonchev–Trinajstić information content (AvgIpc) is 2.42. The van der Waals surface area contributed by atoms with Gasteiger partial charge in [-0.3, -0.25) is 4.79 Å². The summed E-state index contributed by atoms with van der Waals surface area (Å²) in [5.74, 6) is 0.574. The van der Waals surface area contributed by atoms with Crippen molar-refractivity contribution >= 4 is 16.7 Å². The fourth-order valence-corrected chi connectivity index (χ4v) is 1.70. The second kappa shape index (κ2) is 5.87. The number of fused-ring (bicyclic) bond motifs is 1. The number of amides is 1. The summed E-state index contributed by atoms with van der Waals surface area (Å²) in [6.45, 7) is 4.01. The minimum atomic E-state index is -0.150. The van der Waals surface area contributed by atoms with E-state index >= 15 is 0 Å². The van der Waals surface area contributed by atoms with Crippen LogP contribution in [-0.4, -0.2) is 19.1 Å². The van der Waals surface area contributed by atoms with Crippen LogP contribution in [0.3, 0.4) is 0 Å². The molecule has 3 heteroatoms. The molecule has 0 saturated carbocycles. The molecule has 0 unspecified atom stereocenters. The molecule has 2 rings (SSSR count). The Morgan fingerprint density at radius 1 is 1.22 bits per heavy atom. The lowest BCUT2D eigenvalue weighted by Gasteiger charge is -2.08. The predicted octanol–water partition coefficient (Wildman–Crippen LogP) is 2.52. The van der Waals surface area contributed by atoms with Crippen molar-refractivity contribution in [3.05, 3.63) is 55.1 Å². The number of nitrogens with one attached hydrogen (secondary N) is 1. The van der Waals surface area contributed by atoms with Crippen molar-refractivity contribution < 1.29 is 9.53 Å². The summed E-state index contributed by atoms with van der Waals surface area (Å²) in [4.78, 5) is 11.4. The van der Waals surface area contributed by atoms with Gasteiger partial charge in [-0.05, 0) is 11.5 Å². The molecule has 0 saturated heterocycles. The van der Waals surface area contributed by atoms with Gasteiger partial charge in [0, 0.05) is 11.9 Å². The zero-order valence-electron chi connectivity index (χ0n) is 10.1. The molecule has 0 heterocycles. The number of hydrogen-bond acceptors (Lipinski definition) is 2. The van der Waals surface area contributed by atoms with Gasteiger partial charge in [0.2, 0.25) is 0 Å². The van der Waals surface area contributed by atoms with Gasteiger partial charge < -0.3 is 10.1 Å². The minimum Gasteiger partial charge on any atom is -0.483 e. The van der Waals surface area contributed by atoms with Crippen molar-refractivity contribution in [2.75, 3.05) is 13.2 Å². The molecule has 0 spiro atoms. The Bertz CT molecular complexity index is 558. The van der Waals surface area contributed by atoms with Crippen LogP contribution in [0.1, 0.15) is 0 Å². The van der Waals surface area contributed by atoms with Crippen LogP contribution in [0.15, 0.2) is 55.1 Å². The summed E-state index contributed by atoms with van der Waals surface area (Å²) in [5.41, 5.74) is 0. The number of rotatable bonds is 5. The van der Waals surface area contributed by atoms with Crippen molar-refractivity contribution in [2.24, 2.45) is 0 Å². The van der Waals surface area contributed by atoms with Gasteiger partial charge in [-0.2, -0.15) is 0 Å². The highest BCUT2D eigenvalue weighted by molar-refractivity contribution is 5.88.